The maximum atomic E-state index is 14.3. The largest absolute Gasteiger partial charge is 0.204 e. The summed E-state index contributed by atoms with van der Waals surface area (Å²) < 4.78 is 28.0. The Bertz CT molecular complexity index is 689. The molecular formula is C16H11F2I. The molecule has 1 atom stereocenters. The molecule has 19 heavy (non-hydrogen) atoms. The van der Waals surface area contributed by atoms with E-state index in [4.69, 9.17) is 0 Å². The Labute approximate surface area is 124 Å². The molecule has 0 saturated heterocycles. The second-order valence-electron chi connectivity index (χ2n) is 5.36. The zero-order valence-electron chi connectivity index (χ0n) is 10.1. The number of fused-ring (bicyclic) bond motifs is 4. The van der Waals surface area contributed by atoms with Gasteiger partial charge >= 0.3 is 0 Å². The van der Waals surface area contributed by atoms with Crippen LogP contribution >= 0.6 is 22.6 Å². The monoisotopic (exact) mass is 368 g/mol. The minimum absolute atomic E-state index is 0.102. The average molecular weight is 368 g/mol. The van der Waals surface area contributed by atoms with Gasteiger partial charge < -0.3 is 0 Å². The van der Waals surface area contributed by atoms with Crippen molar-refractivity contribution >= 4 is 22.6 Å². The van der Waals surface area contributed by atoms with Crippen LogP contribution in [0.1, 0.15) is 39.0 Å². The van der Waals surface area contributed by atoms with Gasteiger partial charge in [-0.25, -0.2) is 8.78 Å². The van der Waals surface area contributed by atoms with Crippen molar-refractivity contribution in [3.63, 3.8) is 0 Å². The molecule has 0 bridgehead atoms. The van der Waals surface area contributed by atoms with Gasteiger partial charge in [0, 0.05) is 11.0 Å². The van der Waals surface area contributed by atoms with E-state index in [-0.39, 0.29) is 9.34 Å². The van der Waals surface area contributed by atoms with E-state index in [9.17, 15) is 8.78 Å². The molecule has 1 spiro atoms. The summed E-state index contributed by atoms with van der Waals surface area (Å²) in [6.07, 6.45) is 1.83. The second kappa shape index (κ2) is 3.78. The van der Waals surface area contributed by atoms with Gasteiger partial charge in [-0.3, -0.25) is 0 Å². The molecule has 0 radical (unpaired) electrons. The van der Waals surface area contributed by atoms with E-state index < -0.39 is 11.6 Å². The molecule has 2 aromatic carbocycles. The Morgan fingerprint density at radius 3 is 2.47 bits per heavy atom. The van der Waals surface area contributed by atoms with Gasteiger partial charge in [-0.05, 0) is 35.6 Å². The van der Waals surface area contributed by atoms with Crippen molar-refractivity contribution in [1.29, 1.82) is 0 Å². The first-order chi connectivity index (χ1) is 9.15. The van der Waals surface area contributed by atoms with Crippen molar-refractivity contribution in [1.82, 2.24) is 0 Å². The summed E-state index contributed by atoms with van der Waals surface area (Å²) in [4.78, 5) is 0. The highest BCUT2D eigenvalue weighted by Crippen LogP contribution is 2.62. The van der Waals surface area contributed by atoms with Crippen LogP contribution in [-0.2, 0) is 5.41 Å². The predicted octanol–water partition coefficient (Wildman–Crippen LogP) is 4.88. The number of alkyl halides is 1. The molecule has 0 aliphatic heterocycles. The van der Waals surface area contributed by atoms with E-state index in [1.54, 1.807) is 6.07 Å². The third-order valence-corrected chi connectivity index (χ3v) is 5.72. The Morgan fingerprint density at radius 1 is 1.00 bits per heavy atom. The van der Waals surface area contributed by atoms with Gasteiger partial charge in [0.1, 0.15) is 0 Å². The Balaban J connectivity index is 2.08. The summed E-state index contributed by atoms with van der Waals surface area (Å²) in [5.41, 5.74) is 3.71. The predicted molar refractivity (Wildman–Crippen MR) is 78.7 cm³/mol. The van der Waals surface area contributed by atoms with Gasteiger partial charge in [-0.15, -0.1) is 0 Å². The van der Waals surface area contributed by atoms with Crippen LogP contribution in [0.15, 0.2) is 36.4 Å². The zero-order chi connectivity index (χ0) is 13.2. The molecule has 2 aromatic rings. The van der Waals surface area contributed by atoms with E-state index in [2.05, 4.69) is 34.7 Å². The van der Waals surface area contributed by atoms with Crippen LogP contribution in [0.4, 0.5) is 8.78 Å². The van der Waals surface area contributed by atoms with Crippen molar-refractivity contribution < 1.29 is 8.78 Å². The van der Waals surface area contributed by atoms with E-state index in [1.807, 2.05) is 12.1 Å². The van der Waals surface area contributed by atoms with E-state index in [0.717, 1.165) is 18.4 Å². The highest BCUT2D eigenvalue weighted by Gasteiger charge is 2.53. The summed E-state index contributed by atoms with van der Waals surface area (Å²) in [7, 11) is 0. The minimum atomic E-state index is -0.729. The maximum Gasteiger partial charge on any atom is 0.163 e. The zero-order valence-corrected chi connectivity index (χ0v) is 12.2. The SMILES string of the molecule is Fc1ccc2c(c1F)C1(CC1)c1ccccc1C2I. The first-order valence-electron chi connectivity index (χ1n) is 6.37. The van der Waals surface area contributed by atoms with Crippen molar-refractivity contribution in [2.45, 2.75) is 22.2 Å². The lowest BCUT2D eigenvalue weighted by molar-refractivity contribution is 0.487. The molecule has 0 amide bonds. The molecular weight excluding hydrogens is 357 g/mol. The Kier molecular flexibility index (Phi) is 2.35. The summed E-state index contributed by atoms with van der Waals surface area (Å²) in [5, 5.41) is 0. The number of hydrogen-bond acceptors (Lipinski definition) is 0. The second-order valence-corrected chi connectivity index (χ2v) is 6.60. The van der Waals surface area contributed by atoms with E-state index in [1.165, 1.54) is 17.2 Å². The topological polar surface area (TPSA) is 0 Å². The summed E-state index contributed by atoms with van der Waals surface area (Å²) >= 11 is 2.32. The normalized spacial score (nSPS) is 21.9. The summed E-state index contributed by atoms with van der Waals surface area (Å²) in [6, 6.07) is 11.2. The highest BCUT2D eigenvalue weighted by molar-refractivity contribution is 14.1. The van der Waals surface area contributed by atoms with Gasteiger partial charge in [0.2, 0.25) is 0 Å². The van der Waals surface area contributed by atoms with Crippen LogP contribution < -0.4 is 0 Å². The molecule has 0 nitrogen and oxygen atoms in total. The number of rotatable bonds is 0. The number of hydrogen-bond donors (Lipinski definition) is 0. The van der Waals surface area contributed by atoms with Crippen LogP contribution in [0.25, 0.3) is 0 Å². The highest BCUT2D eigenvalue weighted by atomic mass is 127. The lowest BCUT2D eigenvalue weighted by Gasteiger charge is -2.32. The van der Waals surface area contributed by atoms with Crippen LogP contribution in [-0.4, -0.2) is 0 Å². The van der Waals surface area contributed by atoms with Gasteiger partial charge in [-0.2, -0.15) is 0 Å². The van der Waals surface area contributed by atoms with Crippen molar-refractivity contribution in [2.24, 2.45) is 0 Å². The third kappa shape index (κ3) is 1.42. The first kappa shape index (κ1) is 11.8. The van der Waals surface area contributed by atoms with E-state index in [0.29, 0.717) is 5.56 Å². The summed E-state index contributed by atoms with van der Waals surface area (Å²) in [5.74, 6) is -1.38. The molecule has 2 aliphatic rings. The quantitative estimate of drug-likeness (QED) is 0.459. The smallest absolute Gasteiger partial charge is 0.163 e. The molecule has 4 rings (SSSR count). The third-order valence-electron chi connectivity index (χ3n) is 4.38. The van der Waals surface area contributed by atoms with Gasteiger partial charge in [0.25, 0.3) is 0 Å². The molecule has 96 valence electrons. The minimum Gasteiger partial charge on any atom is -0.204 e. The average Bonchev–Trinajstić information content (AvgIpc) is 3.21. The van der Waals surface area contributed by atoms with Crippen molar-refractivity contribution in [3.05, 3.63) is 70.3 Å². The fourth-order valence-corrected chi connectivity index (χ4v) is 4.43. The molecule has 3 heteroatoms. The maximum absolute atomic E-state index is 14.3. The van der Waals surface area contributed by atoms with Gasteiger partial charge in [-0.1, -0.05) is 52.9 Å². The molecule has 0 heterocycles. The lowest BCUT2D eigenvalue weighted by Crippen LogP contribution is -2.23. The number of halogens is 3. The van der Waals surface area contributed by atoms with Crippen molar-refractivity contribution in [2.75, 3.05) is 0 Å². The van der Waals surface area contributed by atoms with Crippen LogP contribution in [0.5, 0.6) is 0 Å². The fourth-order valence-electron chi connectivity index (χ4n) is 3.36. The lowest BCUT2D eigenvalue weighted by atomic mass is 9.75. The first-order valence-corrected chi connectivity index (χ1v) is 7.61. The van der Waals surface area contributed by atoms with Crippen LogP contribution in [0.3, 0.4) is 0 Å². The van der Waals surface area contributed by atoms with Crippen LogP contribution in [0, 0.1) is 11.6 Å². The van der Waals surface area contributed by atoms with Gasteiger partial charge in [0.15, 0.2) is 11.6 Å². The molecule has 0 aromatic heterocycles. The fraction of sp³-hybridized carbons (Fsp3) is 0.250. The Hall–Kier alpha value is -0.970. The Morgan fingerprint density at radius 2 is 1.74 bits per heavy atom. The van der Waals surface area contributed by atoms with E-state index >= 15 is 0 Å². The van der Waals surface area contributed by atoms with Gasteiger partial charge in [0.05, 0.1) is 3.92 Å². The van der Waals surface area contributed by atoms with Crippen molar-refractivity contribution in [3.8, 4) is 0 Å². The summed E-state index contributed by atoms with van der Waals surface area (Å²) in [6.45, 7) is 0. The molecule has 0 N–H and O–H groups in total. The molecule has 1 saturated carbocycles. The molecule has 1 fully saturated rings. The molecule has 2 aliphatic carbocycles. The standard InChI is InChI=1S/C16H11F2I/c17-12-6-5-10-13(14(12)18)16(7-8-16)11-4-2-1-3-9(11)15(10)19/h1-6,15H,7-8H2. The number of benzene rings is 2. The van der Waals surface area contributed by atoms with Crippen LogP contribution in [0.2, 0.25) is 0 Å². The molecule has 1 unspecified atom stereocenters.